The van der Waals surface area contributed by atoms with E-state index < -0.39 is 0 Å². The topological polar surface area (TPSA) is 17.1 Å². The van der Waals surface area contributed by atoms with E-state index in [2.05, 4.69) is 20.4 Å². The fraction of sp³-hybridized carbons (Fsp3) is 0.786. The molecule has 1 heteroatoms. The molecule has 15 heavy (non-hydrogen) atoms. The van der Waals surface area contributed by atoms with Crippen LogP contribution in [0.1, 0.15) is 52.4 Å². The number of carbonyl (C=O) groups excluding carboxylic acids is 1. The monoisotopic (exact) mass is 206 g/mol. The standard InChI is InChI=1S/C14H22O/c1-4-5-8-14-9-6-7-11(14)12(15)10-13(14,2)3/h4,11H,1,5-10H2,2-3H3/t11-,14-/m0/s1. The number of ketones is 1. The van der Waals surface area contributed by atoms with Gasteiger partial charge in [-0.15, -0.1) is 6.58 Å². The van der Waals surface area contributed by atoms with Gasteiger partial charge in [0.05, 0.1) is 0 Å². The normalized spacial score (nSPS) is 38.0. The molecular weight excluding hydrogens is 184 g/mol. The molecule has 1 nitrogen and oxygen atoms in total. The summed E-state index contributed by atoms with van der Waals surface area (Å²) in [4.78, 5) is 12.0. The van der Waals surface area contributed by atoms with E-state index in [1.165, 1.54) is 19.3 Å². The highest BCUT2D eigenvalue weighted by molar-refractivity contribution is 5.85. The van der Waals surface area contributed by atoms with Gasteiger partial charge < -0.3 is 0 Å². The Morgan fingerprint density at radius 3 is 2.93 bits per heavy atom. The first-order valence-corrected chi connectivity index (χ1v) is 6.17. The molecule has 2 aliphatic carbocycles. The molecule has 0 amide bonds. The minimum Gasteiger partial charge on any atom is -0.299 e. The summed E-state index contributed by atoms with van der Waals surface area (Å²) < 4.78 is 0. The fourth-order valence-electron chi connectivity index (χ4n) is 4.08. The number of fused-ring (bicyclic) bond motifs is 1. The average Bonchev–Trinajstić information content (AvgIpc) is 2.64. The predicted molar refractivity (Wildman–Crippen MR) is 62.6 cm³/mol. The maximum Gasteiger partial charge on any atom is 0.137 e. The third-order valence-electron chi connectivity index (χ3n) is 4.93. The second-order valence-electron chi connectivity index (χ2n) is 5.96. The lowest BCUT2D eigenvalue weighted by molar-refractivity contribution is -0.121. The summed E-state index contributed by atoms with van der Waals surface area (Å²) in [6.07, 6.45) is 8.67. The minimum absolute atomic E-state index is 0.217. The van der Waals surface area contributed by atoms with Crippen molar-refractivity contribution in [3.05, 3.63) is 12.7 Å². The lowest BCUT2D eigenvalue weighted by Gasteiger charge is -2.41. The number of allylic oxidation sites excluding steroid dienone is 1. The molecule has 0 aliphatic heterocycles. The quantitative estimate of drug-likeness (QED) is 0.643. The van der Waals surface area contributed by atoms with Gasteiger partial charge in [0.15, 0.2) is 0 Å². The lowest BCUT2D eigenvalue weighted by atomic mass is 9.63. The maximum atomic E-state index is 12.0. The van der Waals surface area contributed by atoms with Crippen molar-refractivity contribution in [1.29, 1.82) is 0 Å². The predicted octanol–water partition coefficient (Wildman–Crippen LogP) is 3.74. The van der Waals surface area contributed by atoms with Crippen molar-refractivity contribution in [2.45, 2.75) is 52.4 Å². The average molecular weight is 206 g/mol. The molecule has 0 aromatic heterocycles. The minimum atomic E-state index is 0.217. The zero-order valence-corrected chi connectivity index (χ0v) is 10.0. The molecule has 0 bridgehead atoms. The largest absolute Gasteiger partial charge is 0.299 e. The van der Waals surface area contributed by atoms with Crippen LogP contribution in [0.3, 0.4) is 0 Å². The van der Waals surface area contributed by atoms with Crippen LogP contribution in [0, 0.1) is 16.7 Å². The first-order valence-electron chi connectivity index (χ1n) is 6.17. The maximum absolute atomic E-state index is 12.0. The van der Waals surface area contributed by atoms with Gasteiger partial charge in [-0.2, -0.15) is 0 Å². The highest BCUT2D eigenvalue weighted by Crippen LogP contribution is 2.64. The van der Waals surface area contributed by atoms with E-state index in [0.29, 0.717) is 17.1 Å². The summed E-state index contributed by atoms with van der Waals surface area (Å²) in [6.45, 7) is 8.40. The van der Waals surface area contributed by atoms with E-state index in [1.54, 1.807) is 0 Å². The van der Waals surface area contributed by atoms with Crippen molar-refractivity contribution >= 4 is 5.78 Å². The Kier molecular flexibility index (Phi) is 2.52. The summed E-state index contributed by atoms with van der Waals surface area (Å²) in [5.74, 6) is 0.897. The molecule has 2 aliphatic rings. The van der Waals surface area contributed by atoms with E-state index in [0.717, 1.165) is 19.3 Å². The van der Waals surface area contributed by atoms with Gasteiger partial charge >= 0.3 is 0 Å². The van der Waals surface area contributed by atoms with E-state index in [-0.39, 0.29) is 5.41 Å². The Balaban J connectivity index is 2.30. The first-order chi connectivity index (χ1) is 7.03. The van der Waals surface area contributed by atoms with Gasteiger partial charge in [-0.3, -0.25) is 4.79 Å². The van der Waals surface area contributed by atoms with E-state index >= 15 is 0 Å². The molecule has 0 heterocycles. The third-order valence-corrected chi connectivity index (χ3v) is 4.93. The first kappa shape index (κ1) is 10.9. The van der Waals surface area contributed by atoms with Crippen LogP contribution in [-0.2, 0) is 4.79 Å². The van der Waals surface area contributed by atoms with Gasteiger partial charge in [-0.25, -0.2) is 0 Å². The van der Waals surface area contributed by atoms with E-state index in [9.17, 15) is 4.79 Å². The molecule has 0 aromatic rings. The zero-order valence-electron chi connectivity index (χ0n) is 10.0. The Morgan fingerprint density at radius 2 is 2.27 bits per heavy atom. The lowest BCUT2D eigenvalue weighted by Crippen LogP contribution is -2.34. The smallest absolute Gasteiger partial charge is 0.137 e. The molecule has 0 spiro atoms. The van der Waals surface area contributed by atoms with Crippen LogP contribution in [0.25, 0.3) is 0 Å². The summed E-state index contributed by atoms with van der Waals surface area (Å²) in [5.41, 5.74) is 0.520. The molecule has 2 fully saturated rings. The van der Waals surface area contributed by atoms with Crippen molar-refractivity contribution in [3.63, 3.8) is 0 Å². The van der Waals surface area contributed by atoms with Gasteiger partial charge in [0.25, 0.3) is 0 Å². The second-order valence-corrected chi connectivity index (χ2v) is 5.96. The summed E-state index contributed by atoms with van der Waals surface area (Å²) in [6, 6.07) is 0. The number of hydrogen-bond donors (Lipinski definition) is 0. The van der Waals surface area contributed by atoms with Crippen LogP contribution in [0.5, 0.6) is 0 Å². The molecule has 2 atom stereocenters. The molecule has 0 unspecified atom stereocenters. The number of hydrogen-bond acceptors (Lipinski definition) is 1. The second kappa shape index (κ2) is 3.47. The van der Waals surface area contributed by atoms with Crippen molar-refractivity contribution < 1.29 is 4.79 Å². The Bertz CT molecular complexity index is 290. The van der Waals surface area contributed by atoms with Gasteiger partial charge in [0.1, 0.15) is 5.78 Å². The summed E-state index contributed by atoms with van der Waals surface area (Å²) in [5, 5.41) is 0. The molecule has 84 valence electrons. The number of carbonyl (C=O) groups is 1. The highest BCUT2D eigenvalue weighted by Gasteiger charge is 2.60. The van der Waals surface area contributed by atoms with Crippen LogP contribution in [-0.4, -0.2) is 5.78 Å². The van der Waals surface area contributed by atoms with Crippen molar-refractivity contribution in [2.24, 2.45) is 16.7 Å². The summed E-state index contributed by atoms with van der Waals surface area (Å²) in [7, 11) is 0. The van der Waals surface area contributed by atoms with Crippen LogP contribution in [0.15, 0.2) is 12.7 Å². The molecule has 2 saturated carbocycles. The summed E-state index contributed by atoms with van der Waals surface area (Å²) >= 11 is 0. The van der Waals surface area contributed by atoms with Crippen LogP contribution >= 0.6 is 0 Å². The van der Waals surface area contributed by atoms with E-state index in [4.69, 9.17) is 0 Å². The van der Waals surface area contributed by atoms with Gasteiger partial charge in [-0.1, -0.05) is 26.3 Å². The van der Waals surface area contributed by atoms with Gasteiger partial charge in [0.2, 0.25) is 0 Å². The van der Waals surface area contributed by atoms with Gasteiger partial charge in [-0.05, 0) is 36.5 Å². The van der Waals surface area contributed by atoms with E-state index in [1.807, 2.05) is 6.08 Å². The molecule has 0 aromatic carbocycles. The van der Waals surface area contributed by atoms with Crippen LogP contribution < -0.4 is 0 Å². The van der Waals surface area contributed by atoms with Crippen molar-refractivity contribution in [1.82, 2.24) is 0 Å². The molecule has 0 radical (unpaired) electrons. The SMILES string of the molecule is C=CCC[C@]12CCC[C@H]1C(=O)CC2(C)C. The fourth-order valence-corrected chi connectivity index (χ4v) is 4.08. The Labute approximate surface area is 92.9 Å². The molecule has 2 rings (SSSR count). The Morgan fingerprint density at radius 1 is 1.53 bits per heavy atom. The Hall–Kier alpha value is -0.590. The van der Waals surface area contributed by atoms with Gasteiger partial charge in [0, 0.05) is 12.3 Å². The van der Waals surface area contributed by atoms with Crippen molar-refractivity contribution in [3.8, 4) is 0 Å². The highest BCUT2D eigenvalue weighted by atomic mass is 16.1. The number of Topliss-reactive ketones (excluding diaryl/α,β-unsaturated/α-hetero) is 1. The zero-order chi connectivity index (χ0) is 11.1. The molecule has 0 N–H and O–H groups in total. The van der Waals surface area contributed by atoms with Crippen molar-refractivity contribution in [2.75, 3.05) is 0 Å². The third kappa shape index (κ3) is 1.39. The van der Waals surface area contributed by atoms with Crippen LogP contribution in [0.2, 0.25) is 0 Å². The number of rotatable bonds is 3. The van der Waals surface area contributed by atoms with Crippen LogP contribution in [0.4, 0.5) is 0 Å². The molecule has 0 saturated heterocycles. The molecular formula is C14H22O.